The maximum atomic E-state index is 12.5. The van der Waals surface area contributed by atoms with Crippen LogP contribution in [0.2, 0.25) is 0 Å². The Kier molecular flexibility index (Phi) is 4.67. The van der Waals surface area contributed by atoms with Crippen molar-refractivity contribution in [2.75, 3.05) is 0 Å². The number of carbonyl (C=O) groups is 2. The number of rotatable bonds is 3. The quantitative estimate of drug-likeness (QED) is 0.810. The van der Waals surface area contributed by atoms with E-state index in [1.165, 1.54) is 0 Å². The van der Waals surface area contributed by atoms with Crippen LogP contribution in [0, 0.1) is 9.49 Å². The molecule has 108 valence electrons. The number of hydrogen-bond donors (Lipinski definition) is 1. The second-order valence-corrected chi connectivity index (χ2v) is 6.74. The van der Waals surface area contributed by atoms with E-state index < -0.39 is 12.1 Å². The first kappa shape index (κ1) is 15.3. The van der Waals surface area contributed by atoms with E-state index in [0.717, 1.165) is 9.13 Å². The van der Waals surface area contributed by atoms with Gasteiger partial charge in [-0.3, -0.25) is 9.59 Å². The molecule has 1 aromatic carbocycles. The number of carbonyl (C=O) groups excluding carboxylic acids is 2. The lowest BCUT2D eigenvalue weighted by molar-refractivity contribution is -0.150. The molecular weight excluding hydrogens is 367 g/mol. The molecule has 0 aromatic heterocycles. The molecule has 20 heavy (non-hydrogen) atoms. The van der Waals surface area contributed by atoms with Crippen molar-refractivity contribution in [3.63, 3.8) is 0 Å². The Morgan fingerprint density at radius 3 is 2.40 bits per heavy atom. The average molecular weight is 386 g/mol. The van der Waals surface area contributed by atoms with Gasteiger partial charge in [-0.1, -0.05) is 26.0 Å². The zero-order valence-electron chi connectivity index (χ0n) is 11.9. The van der Waals surface area contributed by atoms with E-state index >= 15 is 0 Å². The van der Waals surface area contributed by atoms with Crippen molar-refractivity contribution >= 4 is 34.4 Å². The van der Waals surface area contributed by atoms with Crippen molar-refractivity contribution in [1.82, 2.24) is 10.2 Å². The highest BCUT2D eigenvalue weighted by Gasteiger charge is 2.39. The number of nitrogens with zero attached hydrogens (tertiary/aromatic N) is 1. The van der Waals surface area contributed by atoms with E-state index in [9.17, 15) is 9.59 Å². The summed E-state index contributed by atoms with van der Waals surface area (Å²) in [6, 6.07) is 7.18. The predicted molar refractivity (Wildman–Crippen MR) is 85.9 cm³/mol. The Labute approximate surface area is 133 Å². The molecule has 5 heteroatoms. The Balaban J connectivity index is 2.20. The highest BCUT2D eigenvalue weighted by Crippen LogP contribution is 2.18. The maximum absolute atomic E-state index is 12.5. The Morgan fingerprint density at radius 1 is 1.25 bits per heavy atom. The van der Waals surface area contributed by atoms with E-state index in [-0.39, 0.29) is 17.7 Å². The van der Waals surface area contributed by atoms with Crippen LogP contribution >= 0.6 is 22.6 Å². The summed E-state index contributed by atoms with van der Waals surface area (Å²) in [6.45, 7) is 6.15. The van der Waals surface area contributed by atoms with Gasteiger partial charge in [0.25, 0.3) is 0 Å². The molecule has 4 nitrogen and oxygen atoms in total. The van der Waals surface area contributed by atoms with E-state index in [2.05, 4.69) is 27.9 Å². The smallest absolute Gasteiger partial charge is 0.246 e. The molecule has 0 aliphatic carbocycles. The Hall–Kier alpha value is -1.11. The molecule has 0 bridgehead atoms. The molecular formula is C15H19IN2O2. The molecule has 2 rings (SSSR count). The van der Waals surface area contributed by atoms with Gasteiger partial charge in [0.15, 0.2) is 0 Å². The second kappa shape index (κ2) is 6.11. The molecule has 1 heterocycles. The predicted octanol–water partition coefficient (Wildman–Crippen LogP) is 2.16. The minimum absolute atomic E-state index is 0.00523. The van der Waals surface area contributed by atoms with Gasteiger partial charge in [-0.2, -0.15) is 0 Å². The van der Waals surface area contributed by atoms with Crippen molar-refractivity contribution in [1.29, 1.82) is 0 Å². The van der Waals surface area contributed by atoms with Crippen LogP contribution < -0.4 is 5.32 Å². The van der Waals surface area contributed by atoms with Gasteiger partial charge in [0, 0.05) is 10.1 Å². The largest absolute Gasteiger partial charge is 0.342 e. The molecule has 2 atom stereocenters. The number of benzene rings is 1. The summed E-state index contributed by atoms with van der Waals surface area (Å²) in [6.07, 6.45) is 0. The van der Waals surface area contributed by atoms with Crippen LogP contribution in [-0.2, 0) is 16.1 Å². The second-order valence-electron chi connectivity index (χ2n) is 5.50. The standard InChI is InChI=1S/C15H19IN2O2/c1-9(2)13-15(20)18(10(3)14(19)17-13)8-11-4-6-12(16)7-5-11/h4-7,9-10,13H,8H2,1-3H3,(H,17,19). The third kappa shape index (κ3) is 3.13. The van der Waals surface area contributed by atoms with Gasteiger partial charge in [0.1, 0.15) is 12.1 Å². The number of piperazine rings is 1. The van der Waals surface area contributed by atoms with Gasteiger partial charge < -0.3 is 10.2 Å². The summed E-state index contributed by atoms with van der Waals surface area (Å²) in [7, 11) is 0. The van der Waals surface area contributed by atoms with E-state index in [1.54, 1.807) is 11.8 Å². The zero-order valence-corrected chi connectivity index (χ0v) is 14.0. The van der Waals surface area contributed by atoms with Gasteiger partial charge in [-0.05, 0) is 53.1 Å². The normalized spacial score (nSPS) is 23.1. The molecule has 2 amide bonds. The van der Waals surface area contributed by atoms with Gasteiger partial charge >= 0.3 is 0 Å². The van der Waals surface area contributed by atoms with Crippen LogP contribution in [0.25, 0.3) is 0 Å². The maximum Gasteiger partial charge on any atom is 0.246 e. The first-order chi connectivity index (χ1) is 9.40. The third-order valence-electron chi connectivity index (χ3n) is 3.63. The molecule has 0 spiro atoms. The van der Waals surface area contributed by atoms with Crippen molar-refractivity contribution in [3.8, 4) is 0 Å². The van der Waals surface area contributed by atoms with Gasteiger partial charge in [-0.15, -0.1) is 0 Å². The van der Waals surface area contributed by atoms with Crippen LogP contribution in [0.15, 0.2) is 24.3 Å². The molecule has 1 aliphatic heterocycles. The van der Waals surface area contributed by atoms with Crippen LogP contribution in [-0.4, -0.2) is 28.8 Å². The minimum atomic E-state index is -0.420. The summed E-state index contributed by atoms with van der Waals surface area (Å²) in [5.41, 5.74) is 1.04. The summed E-state index contributed by atoms with van der Waals surface area (Å²) in [4.78, 5) is 26.2. The Bertz CT molecular complexity index is 513. The van der Waals surface area contributed by atoms with Gasteiger partial charge in [0.05, 0.1) is 0 Å². The van der Waals surface area contributed by atoms with E-state index in [1.807, 2.05) is 38.1 Å². The molecule has 1 N–H and O–H groups in total. The summed E-state index contributed by atoms with van der Waals surface area (Å²) >= 11 is 2.25. The lowest BCUT2D eigenvalue weighted by Crippen LogP contribution is -2.63. The monoisotopic (exact) mass is 386 g/mol. The molecule has 2 unspecified atom stereocenters. The minimum Gasteiger partial charge on any atom is -0.342 e. The fourth-order valence-corrected chi connectivity index (χ4v) is 2.66. The van der Waals surface area contributed by atoms with Crippen LogP contribution in [0.1, 0.15) is 26.3 Å². The van der Waals surface area contributed by atoms with Crippen molar-refractivity contribution < 1.29 is 9.59 Å². The number of halogens is 1. The van der Waals surface area contributed by atoms with Crippen LogP contribution in [0.5, 0.6) is 0 Å². The van der Waals surface area contributed by atoms with Crippen molar-refractivity contribution in [2.24, 2.45) is 5.92 Å². The van der Waals surface area contributed by atoms with Crippen LogP contribution in [0.4, 0.5) is 0 Å². The first-order valence-electron chi connectivity index (χ1n) is 6.75. The highest BCUT2D eigenvalue weighted by atomic mass is 127. The SMILES string of the molecule is CC(C)C1NC(=O)C(C)N(Cc2ccc(I)cc2)C1=O. The molecule has 1 fully saturated rings. The van der Waals surface area contributed by atoms with Crippen molar-refractivity contribution in [3.05, 3.63) is 33.4 Å². The Morgan fingerprint density at radius 2 is 1.85 bits per heavy atom. The summed E-state index contributed by atoms with van der Waals surface area (Å²) in [5, 5.41) is 2.81. The summed E-state index contributed by atoms with van der Waals surface area (Å²) < 4.78 is 1.15. The van der Waals surface area contributed by atoms with Crippen molar-refractivity contribution in [2.45, 2.75) is 39.4 Å². The van der Waals surface area contributed by atoms with E-state index in [4.69, 9.17) is 0 Å². The zero-order chi connectivity index (χ0) is 14.9. The number of hydrogen-bond acceptors (Lipinski definition) is 2. The average Bonchev–Trinajstić information content (AvgIpc) is 2.40. The molecule has 1 aromatic rings. The van der Waals surface area contributed by atoms with Gasteiger partial charge in [0.2, 0.25) is 11.8 Å². The molecule has 1 aliphatic rings. The summed E-state index contributed by atoms with van der Waals surface area (Å²) in [5.74, 6) is 0.0256. The fourth-order valence-electron chi connectivity index (χ4n) is 2.30. The number of nitrogens with one attached hydrogen (secondary N) is 1. The third-order valence-corrected chi connectivity index (χ3v) is 4.35. The molecule has 0 radical (unpaired) electrons. The lowest BCUT2D eigenvalue weighted by Gasteiger charge is -2.38. The number of amides is 2. The highest BCUT2D eigenvalue weighted by molar-refractivity contribution is 14.1. The molecule has 1 saturated heterocycles. The van der Waals surface area contributed by atoms with Gasteiger partial charge in [-0.25, -0.2) is 0 Å². The molecule has 0 saturated carbocycles. The lowest BCUT2D eigenvalue weighted by atomic mass is 9.98. The van der Waals surface area contributed by atoms with E-state index in [0.29, 0.717) is 6.54 Å². The topological polar surface area (TPSA) is 49.4 Å². The van der Waals surface area contributed by atoms with Crippen LogP contribution in [0.3, 0.4) is 0 Å². The first-order valence-corrected chi connectivity index (χ1v) is 7.83. The fraction of sp³-hybridized carbons (Fsp3) is 0.467.